The van der Waals surface area contributed by atoms with E-state index in [2.05, 4.69) is 267 Å². The molecule has 8 N–H and O–H groups in total. The maximum atomic E-state index is 4.78. The molecule has 8 saturated carbocycles. The Kier molecular flexibility index (Phi) is 31.9. The Hall–Kier alpha value is 2.16. The van der Waals surface area contributed by atoms with Gasteiger partial charge in [0.15, 0.2) is 0 Å². The molecule has 8 aliphatic carbocycles. The lowest BCUT2D eigenvalue weighted by Crippen LogP contribution is -2.61. The van der Waals surface area contributed by atoms with Crippen LogP contribution in [0.1, 0.15) is 103 Å². The van der Waals surface area contributed by atoms with Gasteiger partial charge < -0.3 is 39.2 Å². The number of fused-ring (bicyclic) bond motifs is 24. The Balaban J connectivity index is 0.841. The van der Waals surface area contributed by atoms with Gasteiger partial charge in [0.05, 0.1) is 49.3 Å². The largest absolute Gasteiger partial charge is 0.309 e. The molecule has 16 nitrogen and oxygen atoms in total. The van der Waals surface area contributed by atoms with E-state index in [1.807, 2.05) is 0 Å². The monoisotopic (exact) mass is 1590 g/mol. The fraction of sp³-hybridized carbons (Fsp3) is 1.00. The zero-order chi connectivity index (χ0) is 73.0. The number of hydrogen-bond acceptors (Lipinski definition) is 24. The van der Waals surface area contributed by atoms with Gasteiger partial charge in [-0.05, 0) is 310 Å². The van der Waals surface area contributed by atoms with Crippen LogP contribution in [0.2, 0.25) is 0 Å². The highest BCUT2D eigenvalue weighted by Gasteiger charge is 2.61. The lowest BCUT2D eigenvalue weighted by molar-refractivity contribution is 0.0530. The molecule has 13 rings (SSSR count). The van der Waals surface area contributed by atoms with Crippen molar-refractivity contribution in [3.63, 3.8) is 0 Å². The van der Waals surface area contributed by atoms with Crippen molar-refractivity contribution in [3.8, 4) is 0 Å². The fourth-order valence-electron chi connectivity index (χ4n) is 23.1. The summed E-state index contributed by atoms with van der Waals surface area (Å²) in [5.41, 5.74) is 0. The molecule has 0 aromatic heterocycles. The molecule has 8 bridgehead atoms. The van der Waals surface area contributed by atoms with E-state index in [9.17, 15) is 0 Å². The smallest absolute Gasteiger partial charge is 0.0628 e. The van der Waals surface area contributed by atoms with Crippen LogP contribution in [0.3, 0.4) is 0 Å². The summed E-state index contributed by atoms with van der Waals surface area (Å²) < 4.78 is 0. The molecule has 13 aliphatic rings. The van der Waals surface area contributed by atoms with E-state index in [0.29, 0.717) is 47.3 Å². The van der Waals surface area contributed by atoms with Crippen LogP contribution in [0.25, 0.3) is 0 Å². The highest BCUT2D eigenvalue weighted by molar-refractivity contribution is 8.05. The fourth-order valence-corrected chi connectivity index (χ4v) is 36.9. The van der Waals surface area contributed by atoms with Gasteiger partial charge in [0.2, 0.25) is 0 Å². The van der Waals surface area contributed by atoms with Crippen molar-refractivity contribution in [1.82, 2.24) is 81.7 Å². The topological polar surface area (TPSA) is 122 Å². The zero-order valence-electron chi connectivity index (χ0n) is 67.9. The number of nitrogens with one attached hydrogen (secondary N) is 8. The van der Waals surface area contributed by atoms with Crippen molar-refractivity contribution < 1.29 is 0 Å². The van der Waals surface area contributed by atoms with Crippen molar-refractivity contribution in [3.05, 3.63) is 0 Å². The van der Waals surface area contributed by atoms with E-state index < -0.39 is 0 Å². The average Bonchev–Trinajstić information content (AvgIpc) is 1.57. The Bertz CT molecular complexity index is 2070. The second-order valence-electron chi connectivity index (χ2n) is 38.0. The molecule has 600 valence electrons. The lowest BCUT2D eigenvalue weighted by atomic mass is 9.62. The van der Waals surface area contributed by atoms with Gasteiger partial charge in [-0.15, -0.1) is 0 Å². The summed E-state index contributed by atoms with van der Waals surface area (Å²) in [6, 6.07) is 0. The molecule has 0 aromatic rings. The van der Waals surface area contributed by atoms with E-state index >= 15 is 0 Å². The van der Waals surface area contributed by atoms with E-state index in [1.54, 1.807) is 0 Å². The molecule has 104 heavy (non-hydrogen) atoms. The molecule has 0 aromatic carbocycles. The summed E-state index contributed by atoms with van der Waals surface area (Å²) >= 11 is 18.8. The van der Waals surface area contributed by atoms with Gasteiger partial charge in [-0.1, -0.05) is 0 Å². The molecule has 5 aliphatic heterocycles. The third-order valence-corrected chi connectivity index (χ3v) is 40.3. The van der Waals surface area contributed by atoms with Gasteiger partial charge in [0.1, 0.15) is 0 Å². The molecule has 24 heteroatoms. The second kappa shape index (κ2) is 39.4. The zero-order valence-corrected chi connectivity index (χ0v) is 74.5. The molecule has 5 saturated heterocycles. The average molecular weight is 1590 g/mol. The highest BCUT2D eigenvalue weighted by atomic mass is 32.2. The predicted molar refractivity (Wildman–Crippen MR) is 464 cm³/mol. The van der Waals surface area contributed by atoms with Crippen LogP contribution < -0.4 is 42.5 Å². The van der Waals surface area contributed by atoms with Crippen LogP contribution >= 0.6 is 94.1 Å². The van der Waals surface area contributed by atoms with Gasteiger partial charge in [-0.25, -0.2) is 0 Å². The standard InChI is InChI=1S/C80H152N16S8/c1-89(2)17-25-97-65-41-49-33-57-58(34-50(49)42-66(65)98-26-18-90(3)4)74-81-73(57)85-75-59-35-51-43-67(99-27-19-91(5)6)68(100-28-20-92(7)8)44-52(51)36-60(59)77(82-75)87-79-63-39-55-47-71(103-31-23-95(13)14)72(104-32-24-96(15)16)48-56(55)40-64(63)80(84-79)88-78-62-38-54-46-70(102-30-22-94(11)12)69(101-29-21-93(9)10)45-53(54)37-61(62)76(83-78)86-74/h49-88H,17-48H2,1-16H3. The Morgan fingerprint density at radius 1 is 0.173 bits per heavy atom. The summed E-state index contributed by atoms with van der Waals surface area (Å²) in [7, 11) is 36.5. The molecule has 13 fully saturated rings. The summed E-state index contributed by atoms with van der Waals surface area (Å²) in [4.78, 5) is 19.4. The van der Waals surface area contributed by atoms with Crippen molar-refractivity contribution >= 4 is 94.1 Å². The second-order valence-corrected chi connectivity index (χ2v) is 48.8. The van der Waals surface area contributed by atoms with Crippen LogP contribution in [0.15, 0.2) is 0 Å². The van der Waals surface area contributed by atoms with E-state index in [0.717, 1.165) is 89.3 Å². The van der Waals surface area contributed by atoms with Gasteiger partial charge in [0, 0.05) is 140 Å². The minimum atomic E-state index is 0.279. The van der Waals surface area contributed by atoms with Crippen molar-refractivity contribution in [2.45, 2.75) is 194 Å². The van der Waals surface area contributed by atoms with Crippen LogP contribution in [0.5, 0.6) is 0 Å². The molecule has 0 amide bonds. The third-order valence-electron chi connectivity index (χ3n) is 28.7. The Morgan fingerprint density at radius 3 is 0.375 bits per heavy atom. The first-order valence-corrected chi connectivity index (χ1v) is 50.6. The molecular formula is C80H152N16S8. The normalized spacial score (nSPS) is 44.1. The quantitative estimate of drug-likeness (QED) is 0.0327. The Labute approximate surface area is 670 Å². The van der Waals surface area contributed by atoms with Crippen LogP contribution in [0.4, 0.5) is 0 Å². The van der Waals surface area contributed by atoms with Crippen LogP contribution in [0, 0.1) is 94.7 Å². The van der Waals surface area contributed by atoms with Crippen molar-refractivity contribution in [2.24, 2.45) is 94.7 Å². The summed E-state index contributed by atoms with van der Waals surface area (Å²) in [5.74, 6) is 21.2. The number of rotatable bonds is 32. The van der Waals surface area contributed by atoms with Crippen molar-refractivity contribution in [1.29, 1.82) is 0 Å². The first-order valence-electron chi connectivity index (χ1n) is 42.2. The molecule has 24 unspecified atom stereocenters. The maximum Gasteiger partial charge on any atom is 0.0628 e. The van der Waals surface area contributed by atoms with Crippen LogP contribution in [-0.4, -0.2) is 342 Å². The molecular weight excluding hydrogens is 1440 g/mol. The van der Waals surface area contributed by atoms with E-state index in [-0.39, 0.29) is 49.3 Å². The van der Waals surface area contributed by atoms with Gasteiger partial charge in [0.25, 0.3) is 0 Å². The first kappa shape index (κ1) is 84.1. The maximum absolute atomic E-state index is 4.78. The third kappa shape index (κ3) is 21.7. The highest BCUT2D eigenvalue weighted by Crippen LogP contribution is 2.59. The summed E-state index contributed by atoms with van der Waals surface area (Å²) in [5, 5.41) is 43.8. The van der Waals surface area contributed by atoms with Crippen molar-refractivity contribution in [2.75, 3.05) is 211 Å². The van der Waals surface area contributed by atoms with Gasteiger partial charge >= 0.3 is 0 Å². The summed E-state index contributed by atoms with van der Waals surface area (Å²) in [6.07, 6.45) is 24.4. The Morgan fingerprint density at radius 2 is 0.279 bits per heavy atom. The molecule has 24 atom stereocenters. The minimum Gasteiger partial charge on any atom is -0.309 e. The number of nitrogens with zero attached hydrogens (tertiary/aromatic N) is 8. The number of hydrogen-bond donors (Lipinski definition) is 8. The first-order chi connectivity index (χ1) is 50.0. The summed E-state index contributed by atoms with van der Waals surface area (Å²) in [6.45, 7) is 9.40. The molecule has 0 spiro atoms. The number of thioether (sulfide) groups is 8. The lowest BCUT2D eigenvalue weighted by Gasteiger charge is -2.49. The van der Waals surface area contributed by atoms with Gasteiger partial charge in [-0.2, -0.15) is 94.1 Å². The predicted octanol–water partition coefficient (Wildman–Crippen LogP) is 8.90. The molecule has 0 radical (unpaired) electrons. The minimum absolute atomic E-state index is 0.279. The molecule has 5 heterocycles. The SMILES string of the molecule is CN(C)CCSC1CC2CC3C4NC(NC5NC(NC6NC(NC7NC(N4)C4CC8CC(SCCN(C)C)C(SCCN(C)C)CC8CC74)C4CC7CC(SCCN(C)C)C(SCCN(C)C)CC7CC64)C4CC6CC(SCCN(C)C)C(SCCN(C)C)CC6CC54)C3CC2CC1SCCN(C)C. The van der Waals surface area contributed by atoms with Gasteiger partial charge in [-0.3, -0.25) is 42.5 Å². The van der Waals surface area contributed by atoms with Crippen LogP contribution in [-0.2, 0) is 0 Å². The van der Waals surface area contributed by atoms with E-state index in [1.165, 1.54) is 201 Å². The van der Waals surface area contributed by atoms with E-state index in [4.69, 9.17) is 21.3 Å².